The summed E-state index contributed by atoms with van der Waals surface area (Å²) in [4.78, 5) is 22.9. The topological polar surface area (TPSA) is 75.3 Å². The second kappa shape index (κ2) is 5.62. The first-order valence-corrected chi connectivity index (χ1v) is 7.56. The summed E-state index contributed by atoms with van der Waals surface area (Å²) in [5.41, 5.74) is 0. The molecule has 0 aromatic rings. The lowest BCUT2D eigenvalue weighted by molar-refractivity contribution is -0.129. The maximum atomic E-state index is 11.9. The van der Waals surface area contributed by atoms with Gasteiger partial charge in [-0.05, 0) is 19.3 Å². The molecule has 0 spiro atoms. The lowest BCUT2D eigenvalue weighted by Gasteiger charge is -2.27. The molecule has 2 N–H and O–H groups in total. The van der Waals surface area contributed by atoms with Crippen LogP contribution < -0.4 is 10.6 Å². The van der Waals surface area contributed by atoms with Gasteiger partial charge in [-0.25, -0.2) is 0 Å². The van der Waals surface area contributed by atoms with Gasteiger partial charge in [-0.3, -0.25) is 13.8 Å². The summed E-state index contributed by atoms with van der Waals surface area (Å²) >= 11 is 0. The zero-order valence-electron chi connectivity index (χ0n) is 9.74. The quantitative estimate of drug-likeness (QED) is 0.704. The third-order valence-electron chi connectivity index (χ3n) is 3.37. The molecular weight excluding hydrogens is 240 g/mol. The lowest BCUT2D eigenvalue weighted by atomic mass is 9.97. The van der Waals surface area contributed by atoms with Crippen LogP contribution in [0.25, 0.3) is 0 Å². The first kappa shape index (κ1) is 12.5. The Bertz CT molecular complexity index is 326. The Morgan fingerprint density at radius 3 is 2.59 bits per heavy atom. The molecule has 96 valence electrons. The minimum Gasteiger partial charge on any atom is -0.355 e. The molecule has 0 aromatic heterocycles. The Balaban J connectivity index is 1.77. The minimum atomic E-state index is -0.694. The largest absolute Gasteiger partial charge is 0.355 e. The summed E-state index contributed by atoms with van der Waals surface area (Å²) in [6, 6.07) is 0.165. The maximum Gasteiger partial charge on any atom is 0.225 e. The van der Waals surface area contributed by atoms with Crippen LogP contribution in [-0.4, -0.2) is 40.1 Å². The fourth-order valence-corrected chi connectivity index (χ4v) is 3.51. The number of amides is 2. The van der Waals surface area contributed by atoms with Gasteiger partial charge < -0.3 is 10.6 Å². The molecule has 2 heterocycles. The summed E-state index contributed by atoms with van der Waals surface area (Å²) in [6.45, 7) is 0.448. The van der Waals surface area contributed by atoms with Crippen LogP contribution in [0.15, 0.2) is 0 Å². The highest BCUT2D eigenvalue weighted by Crippen LogP contribution is 2.14. The van der Waals surface area contributed by atoms with E-state index in [4.69, 9.17) is 0 Å². The van der Waals surface area contributed by atoms with Gasteiger partial charge in [0.05, 0.1) is 5.92 Å². The number of nitrogens with one attached hydrogen (secondary N) is 2. The summed E-state index contributed by atoms with van der Waals surface area (Å²) < 4.78 is 11.2. The Labute approximate surface area is 103 Å². The molecule has 2 fully saturated rings. The van der Waals surface area contributed by atoms with Crippen molar-refractivity contribution in [2.24, 2.45) is 5.92 Å². The van der Waals surface area contributed by atoms with E-state index in [9.17, 15) is 13.8 Å². The Kier molecular flexibility index (Phi) is 4.15. The number of carbonyl (C=O) groups excluding carboxylic acids is 2. The standard InChI is InChI=1S/C11H18N2O3S/c14-10-2-1-8(7-12-10)11(15)13-9-3-5-17(16)6-4-9/h8-9H,1-7H2,(H,12,14)(H,13,15). The number of hydrogen-bond acceptors (Lipinski definition) is 3. The molecule has 0 aromatic carbocycles. The van der Waals surface area contributed by atoms with Crippen molar-refractivity contribution in [3.8, 4) is 0 Å². The molecule has 2 aliphatic heterocycles. The van der Waals surface area contributed by atoms with Gasteiger partial charge in [0.15, 0.2) is 0 Å². The van der Waals surface area contributed by atoms with Crippen LogP contribution in [-0.2, 0) is 20.4 Å². The fourth-order valence-electron chi connectivity index (χ4n) is 2.21. The van der Waals surface area contributed by atoms with Crippen molar-refractivity contribution < 1.29 is 13.8 Å². The second-order valence-electron chi connectivity index (χ2n) is 4.67. The molecule has 5 nitrogen and oxygen atoms in total. The molecule has 2 rings (SSSR count). The third kappa shape index (κ3) is 3.52. The maximum absolute atomic E-state index is 11.9. The summed E-state index contributed by atoms with van der Waals surface area (Å²) in [5.74, 6) is 1.34. The Hall–Kier alpha value is -0.910. The number of rotatable bonds is 2. The molecular formula is C11H18N2O3S. The van der Waals surface area contributed by atoms with Crippen molar-refractivity contribution in [2.45, 2.75) is 31.7 Å². The van der Waals surface area contributed by atoms with Gasteiger partial charge in [-0.15, -0.1) is 0 Å². The summed E-state index contributed by atoms with van der Waals surface area (Å²) in [7, 11) is -0.694. The number of hydrogen-bond donors (Lipinski definition) is 2. The lowest BCUT2D eigenvalue weighted by Crippen LogP contribution is -2.47. The molecule has 2 saturated heterocycles. The van der Waals surface area contributed by atoms with Crippen molar-refractivity contribution in [1.29, 1.82) is 0 Å². The fraction of sp³-hybridized carbons (Fsp3) is 0.818. The number of carbonyl (C=O) groups is 2. The number of piperidine rings is 1. The Morgan fingerprint density at radius 1 is 1.29 bits per heavy atom. The first-order chi connectivity index (χ1) is 8.15. The van der Waals surface area contributed by atoms with Crippen LogP contribution in [0.1, 0.15) is 25.7 Å². The van der Waals surface area contributed by atoms with Gasteiger partial charge >= 0.3 is 0 Å². The van der Waals surface area contributed by atoms with E-state index in [2.05, 4.69) is 10.6 Å². The highest BCUT2D eigenvalue weighted by Gasteiger charge is 2.27. The average molecular weight is 258 g/mol. The zero-order chi connectivity index (χ0) is 12.3. The molecule has 0 aliphatic carbocycles. The van der Waals surface area contributed by atoms with Crippen molar-refractivity contribution in [2.75, 3.05) is 18.1 Å². The molecule has 0 saturated carbocycles. The van der Waals surface area contributed by atoms with E-state index in [1.165, 1.54) is 0 Å². The van der Waals surface area contributed by atoms with E-state index in [1.54, 1.807) is 0 Å². The van der Waals surface area contributed by atoms with E-state index in [-0.39, 0.29) is 23.8 Å². The predicted octanol–water partition coefficient (Wildman–Crippen LogP) is -0.460. The highest BCUT2D eigenvalue weighted by molar-refractivity contribution is 7.85. The molecule has 2 aliphatic rings. The molecule has 0 radical (unpaired) electrons. The van der Waals surface area contributed by atoms with Gasteiger partial charge in [0, 0.05) is 41.3 Å². The normalized spacial score (nSPS) is 33.9. The molecule has 17 heavy (non-hydrogen) atoms. The van der Waals surface area contributed by atoms with Crippen LogP contribution in [0.2, 0.25) is 0 Å². The van der Waals surface area contributed by atoms with Gasteiger partial charge in [-0.1, -0.05) is 0 Å². The minimum absolute atomic E-state index is 0.0297. The van der Waals surface area contributed by atoms with Crippen molar-refractivity contribution in [3.63, 3.8) is 0 Å². The third-order valence-corrected chi connectivity index (χ3v) is 4.75. The molecule has 1 unspecified atom stereocenters. The smallest absolute Gasteiger partial charge is 0.225 e. The highest BCUT2D eigenvalue weighted by atomic mass is 32.2. The van der Waals surface area contributed by atoms with E-state index in [0.717, 1.165) is 12.8 Å². The zero-order valence-corrected chi connectivity index (χ0v) is 10.6. The molecule has 2 amide bonds. The van der Waals surface area contributed by atoms with Crippen LogP contribution in [0.3, 0.4) is 0 Å². The van der Waals surface area contributed by atoms with E-state index in [0.29, 0.717) is 30.9 Å². The van der Waals surface area contributed by atoms with Crippen molar-refractivity contribution in [1.82, 2.24) is 10.6 Å². The SMILES string of the molecule is O=C1CCC(C(=O)NC2CCS(=O)CC2)CN1. The van der Waals surface area contributed by atoms with Crippen molar-refractivity contribution in [3.05, 3.63) is 0 Å². The Morgan fingerprint density at radius 2 is 2.00 bits per heavy atom. The molecule has 0 bridgehead atoms. The van der Waals surface area contributed by atoms with E-state index in [1.807, 2.05) is 0 Å². The first-order valence-electron chi connectivity index (χ1n) is 6.07. The van der Waals surface area contributed by atoms with Gasteiger partial charge in [0.25, 0.3) is 0 Å². The van der Waals surface area contributed by atoms with Crippen LogP contribution in [0.4, 0.5) is 0 Å². The predicted molar refractivity (Wildman–Crippen MR) is 64.8 cm³/mol. The monoisotopic (exact) mass is 258 g/mol. The van der Waals surface area contributed by atoms with Gasteiger partial charge in [-0.2, -0.15) is 0 Å². The van der Waals surface area contributed by atoms with Crippen LogP contribution >= 0.6 is 0 Å². The summed E-state index contributed by atoms with van der Waals surface area (Å²) in [5, 5.41) is 5.71. The van der Waals surface area contributed by atoms with Crippen LogP contribution in [0.5, 0.6) is 0 Å². The average Bonchev–Trinajstić information content (AvgIpc) is 2.33. The summed E-state index contributed by atoms with van der Waals surface area (Å²) in [6.07, 6.45) is 2.68. The van der Waals surface area contributed by atoms with E-state index >= 15 is 0 Å². The van der Waals surface area contributed by atoms with Gasteiger partial charge in [0.1, 0.15) is 0 Å². The van der Waals surface area contributed by atoms with Gasteiger partial charge in [0.2, 0.25) is 11.8 Å². The molecule has 6 heteroatoms. The van der Waals surface area contributed by atoms with E-state index < -0.39 is 10.8 Å². The van der Waals surface area contributed by atoms with Crippen LogP contribution in [0, 0.1) is 5.92 Å². The second-order valence-corrected chi connectivity index (χ2v) is 6.37. The molecule has 1 atom stereocenters. The van der Waals surface area contributed by atoms with Crippen molar-refractivity contribution >= 4 is 22.6 Å².